The third kappa shape index (κ3) is 3.81. The number of carboxylic acids is 1. The summed E-state index contributed by atoms with van der Waals surface area (Å²) in [5, 5.41) is 9.70. The Morgan fingerprint density at radius 2 is 2.21 bits per heavy atom. The van der Waals surface area contributed by atoms with Crippen LogP contribution >= 0.6 is 27.7 Å². The van der Waals surface area contributed by atoms with Crippen LogP contribution in [-0.2, 0) is 5.75 Å². The predicted octanol–water partition coefficient (Wildman–Crippen LogP) is 4.14. The van der Waals surface area contributed by atoms with Crippen LogP contribution in [0.2, 0.25) is 0 Å². The van der Waals surface area contributed by atoms with Crippen LogP contribution in [0.3, 0.4) is 0 Å². The molecule has 19 heavy (non-hydrogen) atoms. The first-order chi connectivity index (χ1) is 9.06. The van der Waals surface area contributed by atoms with Gasteiger partial charge in [0.2, 0.25) is 0 Å². The van der Waals surface area contributed by atoms with Crippen LogP contribution in [0.15, 0.2) is 46.0 Å². The van der Waals surface area contributed by atoms with Crippen molar-refractivity contribution in [3.63, 3.8) is 0 Å². The molecule has 98 valence electrons. The molecule has 0 spiro atoms. The first-order valence-electron chi connectivity index (χ1n) is 5.63. The molecule has 1 aromatic heterocycles. The van der Waals surface area contributed by atoms with Gasteiger partial charge in [0, 0.05) is 16.4 Å². The Bertz CT molecular complexity index is 616. The van der Waals surface area contributed by atoms with Crippen LogP contribution in [0.4, 0.5) is 0 Å². The highest BCUT2D eigenvalue weighted by molar-refractivity contribution is 9.10. The van der Waals surface area contributed by atoms with Crippen molar-refractivity contribution in [1.29, 1.82) is 0 Å². The van der Waals surface area contributed by atoms with Gasteiger partial charge in [-0.3, -0.25) is 0 Å². The minimum Gasteiger partial charge on any atom is -0.478 e. The lowest BCUT2D eigenvalue weighted by Crippen LogP contribution is -2.01. The Labute approximate surface area is 124 Å². The van der Waals surface area contributed by atoms with E-state index in [9.17, 15) is 4.79 Å². The molecule has 0 aliphatic carbocycles. The lowest BCUT2D eigenvalue weighted by Gasteiger charge is -2.06. The number of nitrogens with zero attached hydrogens (tertiary/aromatic N) is 1. The Balaban J connectivity index is 2.17. The molecule has 1 N–H and O–H groups in total. The fourth-order valence-corrected chi connectivity index (χ4v) is 2.89. The van der Waals surface area contributed by atoms with Gasteiger partial charge in [0.25, 0.3) is 0 Å². The molecule has 3 nitrogen and oxygen atoms in total. The van der Waals surface area contributed by atoms with Gasteiger partial charge in [0.15, 0.2) is 0 Å². The van der Waals surface area contributed by atoms with E-state index >= 15 is 0 Å². The number of pyridine rings is 1. The molecule has 0 saturated carbocycles. The molecule has 0 fully saturated rings. The van der Waals surface area contributed by atoms with E-state index in [0.29, 0.717) is 15.3 Å². The normalized spacial score (nSPS) is 10.4. The van der Waals surface area contributed by atoms with Gasteiger partial charge in [0.1, 0.15) is 5.03 Å². The molecule has 0 aliphatic heterocycles. The fraction of sp³-hybridized carbons (Fsp3) is 0.143. The molecule has 0 bridgehead atoms. The summed E-state index contributed by atoms with van der Waals surface area (Å²) in [7, 11) is 0. The highest BCUT2D eigenvalue weighted by Crippen LogP contribution is 2.26. The van der Waals surface area contributed by atoms with Gasteiger partial charge in [0.05, 0.1) is 5.56 Å². The summed E-state index contributed by atoms with van der Waals surface area (Å²) in [6, 6.07) is 9.73. The lowest BCUT2D eigenvalue weighted by atomic mass is 10.2. The van der Waals surface area contributed by atoms with Gasteiger partial charge >= 0.3 is 5.97 Å². The van der Waals surface area contributed by atoms with Gasteiger partial charge in [-0.25, -0.2) is 9.78 Å². The maximum absolute atomic E-state index is 11.2. The van der Waals surface area contributed by atoms with Crippen LogP contribution in [0, 0.1) is 6.92 Å². The topological polar surface area (TPSA) is 50.2 Å². The second-order valence-electron chi connectivity index (χ2n) is 4.09. The zero-order valence-electron chi connectivity index (χ0n) is 10.3. The Hall–Kier alpha value is -1.33. The van der Waals surface area contributed by atoms with Gasteiger partial charge in [-0.15, -0.1) is 11.8 Å². The minimum absolute atomic E-state index is 0.229. The summed E-state index contributed by atoms with van der Waals surface area (Å²) in [5.74, 6) is -0.253. The Morgan fingerprint density at radius 1 is 1.42 bits per heavy atom. The van der Waals surface area contributed by atoms with E-state index < -0.39 is 5.97 Å². The summed E-state index contributed by atoms with van der Waals surface area (Å²) >= 11 is 4.67. The second-order valence-corrected chi connectivity index (χ2v) is 5.97. The molecule has 0 radical (unpaired) electrons. The van der Waals surface area contributed by atoms with E-state index in [1.807, 2.05) is 25.1 Å². The lowest BCUT2D eigenvalue weighted by molar-refractivity contribution is 0.0692. The van der Waals surface area contributed by atoms with E-state index in [1.165, 1.54) is 17.3 Å². The number of rotatable bonds is 4. The molecule has 0 unspecified atom stereocenters. The molecule has 0 amide bonds. The number of aromatic nitrogens is 1. The van der Waals surface area contributed by atoms with Crippen LogP contribution in [0.1, 0.15) is 21.5 Å². The molecule has 2 aromatic rings. The van der Waals surface area contributed by atoms with E-state index in [4.69, 9.17) is 5.11 Å². The number of carbonyl (C=O) groups is 1. The van der Waals surface area contributed by atoms with E-state index in [1.54, 1.807) is 12.3 Å². The largest absolute Gasteiger partial charge is 0.478 e. The van der Waals surface area contributed by atoms with Gasteiger partial charge in [-0.2, -0.15) is 0 Å². The summed E-state index contributed by atoms with van der Waals surface area (Å²) in [4.78, 5) is 15.3. The van der Waals surface area contributed by atoms with Crippen molar-refractivity contribution < 1.29 is 9.90 Å². The average molecular weight is 338 g/mol. The number of hydrogen-bond acceptors (Lipinski definition) is 3. The Kier molecular flexibility index (Phi) is 4.61. The van der Waals surface area contributed by atoms with Gasteiger partial charge in [-0.1, -0.05) is 29.8 Å². The highest BCUT2D eigenvalue weighted by Gasteiger charge is 2.12. The summed E-state index contributed by atoms with van der Waals surface area (Å²) in [6.45, 7) is 2.04. The van der Waals surface area contributed by atoms with Gasteiger partial charge < -0.3 is 5.11 Å². The van der Waals surface area contributed by atoms with Crippen LogP contribution < -0.4 is 0 Å². The average Bonchev–Trinajstić information content (AvgIpc) is 2.37. The molecule has 0 atom stereocenters. The van der Waals surface area contributed by atoms with E-state index in [2.05, 4.69) is 27.0 Å². The summed E-state index contributed by atoms with van der Waals surface area (Å²) in [5.41, 5.74) is 2.58. The first-order valence-corrected chi connectivity index (χ1v) is 7.41. The number of halogens is 1. The summed E-state index contributed by atoms with van der Waals surface area (Å²) in [6.07, 6.45) is 1.62. The van der Waals surface area contributed by atoms with E-state index in [-0.39, 0.29) is 5.56 Å². The standard InChI is InChI=1S/C14H12BrNO2S/c1-9-3-2-4-10(5-9)8-19-13-12(14(17)18)6-11(15)7-16-13/h2-7H,8H2,1H3,(H,17,18). The number of benzene rings is 1. The van der Waals surface area contributed by atoms with Crippen molar-refractivity contribution in [2.75, 3.05) is 0 Å². The number of carboxylic acid groups (broad SMARTS) is 1. The zero-order valence-corrected chi connectivity index (χ0v) is 12.7. The smallest absolute Gasteiger partial charge is 0.338 e. The molecular formula is C14H12BrNO2S. The van der Waals surface area contributed by atoms with Crippen molar-refractivity contribution in [2.45, 2.75) is 17.7 Å². The van der Waals surface area contributed by atoms with Crippen molar-refractivity contribution in [2.24, 2.45) is 0 Å². The second kappa shape index (κ2) is 6.21. The van der Waals surface area contributed by atoms with E-state index in [0.717, 1.165) is 5.56 Å². The fourth-order valence-electron chi connectivity index (χ4n) is 1.65. The molecule has 1 heterocycles. The minimum atomic E-state index is -0.958. The maximum Gasteiger partial charge on any atom is 0.338 e. The maximum atomic E-state index is 11.2. The zero-order chi connectivity index (χ0) is 13.8. The van der Waals surface area contributed by atoms with Crippen LogP contribution in [-0.4, -0.2) is 16.1 Å². The van der Waals surface area contributed by atoms with Crippen molar-refractivity contribution in [3.05, 3.63) is 57.7 Å². The molecule has 1 aromatic carbocycles. The first kappa shape index (κ1) is 14.1. The number of aryl methyl sites for hydroxylation is 1. The molecule has 2 rings (SSSR count). The van der Waals surface area contributed by atoms with Crippen molar-refractivity contribution in [3.8, 4) is 0 Å². The SMILES string of the molecule is Cc1cccc(CSc2ncc(Br)cc2C(=O)O)c1. The molecule has 0 saturated heterocycles. The molecule has 5 heteroatoms. The van der Waals surface area contributed by atoms with Crippen molar-refractivity contribution >= 4 is 33.7 Å². The van der Waals surface area contributed by atoms with Crippen molar-refractivity contribution in [1.82, 2.24) is 4.98 Å². The third-order valence-corrected chi connectivity index (χ3v) is 4.02. The number of hydrogen-bond donors (Lipinski definition) is 1. The molecule has 0 aliphatic rings. The Morgan fingerprint density at radius 3 is 2.89 bits per heavy atom. The summed E-state index contributed by atoms with van der Waals surface area (Å²) < 4.78 is 0.671. The van der Waals surface area contributed by atoms with Crippen LogP contribution in [0.25, 0.3) is 0 Å². The monoisotopic (exact) mass is 337 g/mol. The quantitative estimate of drug-likeness (QED) is 0.851. The van der Waals surface area contributed by atoms with Gasteiger partial charge in [-0.05, 0) is 34.5 Å². The highest BCUT2D eigenvalue weighted by atomic mass is 79.9. The third-order valence-electron chi connectivity index (χ3n) is 2.51. The van der Waals surface area contributed by atoms with Crippen LogP contribution in [0.5, 0.6) is 0 Å². The number of thioether (sulfide) groups is 1. The number of aromatic carboxylic acids is 1. The predicted molar refractivity (Wildman–Crippen MR) is 79.6 cm³/mol. The molecular weight excluding hydrogens is 326 g/mol.